The zero-order valence-corrected chi connectivity index (χ0v) is 23.4. The molecule has 0 saturated heterocycles. The molecule has 1 saturated carbocycles. The van der Waals surface area contributed by atoms with Crippen LogP contribution in [0.25, 0.3) is 0 Å². The van der Waals surface area contributed by atoms with E-state index >= 15 is 0 Å². The summed E-state index contributed by atoms with van der Waals surface area (Å²) < 4.78 is 0. The highest BCUT2D eigenvalue weighted by molar-refractivity contribution is 6.04. The van der Waals surface area contributed by atoms with Gasteiger partial charge in [0.15, 0.2) is 0 Å². The summed E-state index contributed by atoms with van der Waals surface area (Å²) in [7, 11) is 7.98. The van der Waals surface area contributed by atoms with E-state index in [-0.39, 0.29) is 11.9 Å². The summed E-state index contributed by atoms with van der Waals surface area (Å²) in [4.78, 5) is 42.4. The van der Waals surface area contributed by atoms with Crippen LogP contribution >= 0.6 is 0 Å². The Morgan fingerprint density at radius 3 is 1.40 bits per heavy atom. The van der Waals surface area contributed by atoms with E-state index in [1.54, 1.807) is 18.2 Å². The fourth-order valence-electron chi connectivity index (χ4n) is 4.10. The molecule has 3 aromatic carbocycles. The molecule has 0 radical (unpaired) electrons. The van der Waals surface area contributed by atoms with Crippen molar-refractivity contribution in [2.24, 2.45) is 0 Å². The Kier molecular flexibility index (Phi) is 9.36. The smallest absolute Gasteiger partial charge is 0.323 e. The van der Waals surface area contributed by atoms with Crippen molar-refractivity contribution >= 4 is 40.7 Å². The maximum absolute atomic E-state index is 12.8. The Labute approximate surface area is 235 Å². The Bertz CT molecular complexity index is 1250. The monoisotopic (exact) mass is 543 g/mol. The maximum Gasteiger partial charge on any atom is 0.323 e. The topological polar surface area (TPSA) is 118 Å². The number of carbonyl (C=O) groups is 3. The molecule has 10 nitrogen and oxygen atoms in total. The van der Waals surface area contributed by atoms with Gasteiger partial charge in [0.2, 0.25) is 0 Å². The summed E-state index contributed by atoms with van der Waals surface area (Å²) in [5.41, 5.74) is 4.60. The van der Waals surface area contributed by atoms with E-state index in [9.17, 15) is 14.4 Å². The molecule has 0 unspecified atom stereocenters. The fourth-order valence-corrected chi connectivity index (χ4v) is 4.10. The number of urea groups is 2. The molecule has 0 spiro atoms. The number of rotatable bonds is 10. The first-order chi connectivity index (χ1) is 19.1. The number of nitrogens with one attached hydrogen (secondary N) is 5. The third-order valence-corrected chi connectivity index (χ3v) is 6.04. The molecule has 10 heteroatoms. The van der Waals surface area contributed by atoms with Crippen molar-refractivity contribution in [3.8, 4) is 0 Å². The number of carbonyl (C=O) groups excluding carboxylic acids is 3. The Morgan fingerprint density at radius 1 is 0.625 bits per heavy atom. The van der Waals surface area contributed by atoms with Gasteiger partial charge in [-0.3, -0.25) is 4.79 Å². The number of hydrogen-bond donors (Lipinski definition) is 5. The van der Waals surface area contributed by atoms with Crippen LogP contribution in [0.4, 0.5) is 32.3 Å². The number of amides is 5. The summed E-state index contributed by atoms with van der Waals surface area (Å²) in [6, 6.07) is 19.2. The summed E-state index contributed by atoms with van der Waals surface area (Å²) in [5, 5.41) is 14.1. The van der Waals surface area contributed by atoms with Crippen LogP contribution in [0.15, 0.2) is 66.7 Å². The average Bonchev–Trinajstić information content (AvgIpc) is 3.69. The molecule has 0 atom stereocenters. The van der Waals surface area contributed by atoms with Crippen LogP contribution in [0.3, 0.4) is 0 Å². The van der Waals surface area contributed by atoms with Gasteiger partial charge in [0.05, 0.1) is 0 Å². The molecular formula is C30H37N7O3. The van der Waals surface area contributed by atoms with E-state index in [2.05, 4.69) is 36.4 Å². The lowest BCUT2D eigenvalue weighted by Gasteiger charge is -2.14. The van der Waals surface area contributed by atoms with Gasteiger partial charge in [-0.05, 0) is 94.6 Å². The van der Waals surface area contributed by atoms with Crippen molar-refractivity contribution < 1.29 is 14.4 Å². The highest BCUT2D eigenvalue weighted by Gasteiger charge is 2.24. The standard InChI is InChI=1S/C30H37N7O3/c1-36(2)18-20-5-9-24(10-6-20)32-29(39)34-26-15-22(28(38)31-23-13-14-23)16-27(17-26)35-30(40)33-25-11-7-21(8-12-25)19-37(3)4/h5-12,15-17,23H,13-14,18-19H2,1-4H3,(H,31,38)(H2,32,34,39)(H2,33,35,40). The van der Waals surface area contributed by atoms with E-state index in [0.29, 0.717) is 28.3 Å². The molecule has 1 aliphatic rings. The van der Waals surface area contributed by atoms with E-state index < -0.39 is 12.1 Å². The Balaban J connectivity index is 1.43. The van der Waals surface area contributed by atoms with Crippen molar-refractivity contribution in [2.75, 3.05) is 49.5 Å². The maximum atomic E-state index is 12.8. The predicted octanol–water partition coefficient (Wildman–Crippen LogP) is 4.99. The SMILES string of the molecule is CN(C)Cc1ccc(NC(=O)Nc2cc(NC(=O)Nc3ccc(CN(C)C)cc3)cc(C(=O)NC3CC3)c2)cc1. The van der Waals surface area contributed by atoms with Gasteiger partial charge in [-0.2, -0.15) is 0 Å². The second kappa shape index (κ2) is 13.1. The molecule has 0 aliphatic heterocycles. The van der Waals surface area contributed by atoms with Gasteiger partial charge in [-0.25, -0.2) is 9.59 Å². The Hall–Kier alpha value is -4.41. The summed E-state index contributed by atoms with van der Waals surface area (Å²) in [6.45, 7) is 1.60. The van der Waals surface area contributed by atoms with Gasteiger partial charge < -0.3 is 36.4 Å². The van der Waals surface area contributed by atoms with Crippen molar-refractivity contribution in [3.63, 3.8) is 0 Å². The van der Waals surface area contributed by atoms with Crippen molar-refractivity contribution in [1.82, 2.24) is 15.1 Å². The molecule has 5 N–H and O–H groups in total. The number of nitrogens with zero attached hydrogens (tertiary/aromatic N) is 2. The van der Waals surface area contributed by atoms with E-state index in [0.717, 1.165) is 37.1 Å². The molecule has 5 amide bonds. The average molecular weight is 544 g/mol. The minimum Gasteiger partial charge on any atom is -0.349 e. The second-order valence-electron chi connectivity index (χ2n) is 10.6. The van der Waals surface area contributed by atoms with Crippen LogP contribution in [0.2, 0.25) is 0 Å². The second-order valence-corrected chi connectivity index (χ2v) is 10.6. The minimum absolute atomic E-state index is 0.165. The molecule has 0 aromatic heterocycles. The zero-order chi connectivity index (χ0) is 28.6. The van der Waals surface area contributed by atoms with Crippen LogP contribution in [-0.4, -0.2) is 62.0 Å². The number of benzene rings is 3. The van der Waals surface area contributed by atoms with Crippen LogP contribution in [-0.2, 0) is 13.1 Å². The molecule has 1 fully saturated rings. The zero-order valence-electron chi connectivity index (χ0n) is 23.4. The summed E-state index contributed by atoms with van der Waals surface area (Å²) >= 11 is 0. The van der Waals surface area contributed by atoms with Gasteiger partial charge >= 0.3 is 12.1 Å². The summed E-state index contributed by atoms with van der Waals surface area (Å²) in [5.74, 6) is -0.261. The van der Waals surface area contributed by atoms with Crippen LogP contribution < -0.4 is 26.6 Å². The first-order valence-corrected chi connectivity index (χ1v) is 13.2. The van der Waals surface area contributed by atoms with Crippen molar-refractivity contribution in [2.45, 2.75) is 32.0 Å². The van der Waals surface area contributed by atoms with Gasteiger partial charge in [-0.1, -0.05) is 24.3 Å². The lowest BCUT2D eigenvalue weighted by atomic mass is 10.1. The number of anilines is 4. The van der Waals surface area contributed by atoms with Crippen LogP contribution in [0.5, 0.6) is 0 Å². The predicted molar refractivity (Wildman–Crippen MR) is 160 cm³/mol. The van der Waals surface area contributed by atoms with Gasteiger partial charge in [-0.15, -0.1) is 0 Å². The van der Waals surface area contributed by atoms with Gasteiger partial charge in [0.1, 0.15) is 0 Å². The Morgan fingerprint density at radius 2 is 1.02 bits per heavy atom. The highest BCUT2D eigenvalue weighted by Crippen LogP contribution is 2.23. The van der Waals surface area contributed by atoms with E-state index in [1.165, 1.54) is 0 Å². The molecule has 3 aromatic rings. The highest BCUT2D eigenvalue weighted by atomic mass is 16.2. The molecule has 0 heterocycles. The summed E-state index contributed by atoms with van der Waals surface area (Å²) in [6.07, 6.45) is 1.89. The molecular weight excluding hydrogens is 506 g/mol. The number of hydrogen-bond acceptors (Lipinski definition) is 5. The molecule has 1 aliphatic carbocycles. The first-order valence-electron chi connectivity index (χ1n) is 13.2. The lowest BCUT2D eigenvalue weighted by Crippen LogP contribution is -2.26. The lowest BCUT2D eigenvalue weighted by molar-refractivity contribution is 0.0951. The van der Waals surface area contributed by atoms with Crippen LogP contribution in [0.1, 0.15) is 34.3 Å². The largest absolute Gasteiger partial charge is 0.349 e. The van der Waals surface area contributed by atoms with Gasteiger partial charge in [0, 0.05) is 47.4 Å². The molecule has 0 bridgehead atoms. The fraction of sp³-hybridized carbons (Fsp3) is 0.300. The van der Waals surface area contributed by atoms with Crippen LogP contribution in [0, 0.1) is 0 Å². The third-order valence-electron chi connectivity index (χ3n) is 6.04. The van der Waals surface area contributed by atoms with Crippen molar-refractivity contribution in [1.29, 1.82) is 0 Å². The minimum atomic E-state index is -0.465. The first kappa shape index (κ1) is 28.6. The molecule has 40 heavy (non-hydrogen) atoms. The van der Waals surface area contributed by atoms with Crippen molar-refractivity contribution in [3.05, 3.63) is 83.4 Å². The van der Waals surface area contributed by atoms with E-state index in [1.807, 2.05) is 76.7 Å². The normalized spacial score (nSPS) is 12.7. The third kappa shape index (κ3) is 9.11. The molecule has 210 valence electrons. The van der Waals surface area contributed by atoms with E-state index in [4.69, 9.17) is 0 Å². The quantitative estimate of drug-likeness (QED) is 0.247. The molecule has 4 rings (SSSR count). The van der Waals surface area contributed by atoms with Gasteiger partial charge in [0.25, 0.3) is 5.91 Å².